The summed E-state index contributed by atoms with van der Waals surface area (Å²) in [7, 11) is 0. The van der Waals surface area contributed by atoms with Gasteiger partial charge in [0.15, 0.2) is 0 Å². The van der Waals surface area contributed by atoms with Gasteiger partial charge in [-0.1, -0.05) is 65.0 Å². The number of carboxylic acid groups (broad SMARTS) is 1. The molecule has 6 aliphatic rings. The standard InChI is InChI=1S/C43H64N2O2S/c1-29(2)32-14-19-43(28-44-22-23-45-24-26-48-27-25-45)21-20-41(6)34(37(32)43)12-13-36-40(5)17-15-33(30-8-10-31(11-9-30)38(46)47)39(3,4)35(40)16-18-42(36,41)7/h8-11,15,32,34-37,44H,1,12-14,16-28H2,2-7H3,(H,46,47). The van der Waals surface area contributed by atoms with Gasteiger partial charge in [-0.05, 0) is 145 Å². The number of allylic oxidation sites excluding steroid dienone is 3. The Bertz CT molecular complexity index is 1430. The van der Waals surface area contributed by atoms with Crippen LogP contribution in [0, 0.1) is 56.7 Å². The fraction of sp³-hybridized carbons (Fsp3) is 0.744. The molecular formula is C43H64N2O2S. The highest BCUT2D eigenvalue weighted by Crippen LogP contribution is 2.77. The summed E-state index contributed by atoms with van der Waals surface area (Å²) >= 11 is 2.11. The van der Waals surface area contributed by atoms with E-state index in [1.165, 1.54) is 106 Å². The molecule has 1 aliphatic heterocycles. The Hall–Kier alpha value is -1.56. The predicted octanol–water partition coefficient (Wildman–Crippen LogP) is 9.67. The zero-order valence-electron chi connectivity index (χ0n) is 31.0. The molecule has 48 heavy (non-hydrogen) atoms. The van der Waals surface area contributed by atoms with Crippen molar-refractivity contribution in [1.82, 2.24) is 10.2 Å². The van der Waals surface area contributed by atoms with E-state index in [9.17, 15) is 9.90 Å². The first-order valence-electron chi connectivity index (χ1n) is 19.5. The number of hydrogen-bond donors (Lipinski definition) is 2. The van der Waals surface area contributed by atoms with Crippen molar-refractivity contribution < 1.29 is 9.90 Å². The maximum Gasteiger partial charge on any atom is 0.335 e. The minimum atomic E-state index is -0.850. The number of carbonyl (C=O) groups is 1. The van der Waals surface area contributed by atoms with Gasteiger partial charge in [0.05, 0.1) is 5.56 Å². The van der Waals surface area contributed by atoms with Gasteiger partial charge in [-0.2, -0.15) is 11.8 Å². The molecule has 1 aromatic rings. The van der Waals surface area contributed by atoms with Gasteiger partial charge in [0, 0.05) is 44.2 Å². The van der Waals surface area contributed by atoms with Crippen LogP contribution in [0.4, 0.5) is 0 Å². The quantitative estimate of drug-likeness (QED) is 0.213. The normalized spacial score (nSPS) is 42.1. The molecule has 7 rings (SSSR count). The van der Waals surface area contributed by atoms with Crippen molar-refractivity contribution in [3.8, 4) is 0 Å². The molecule has 1 heterocycles. The summed E-state index contributed by atoms with van der Waals surface area (Å²) in [6.07, 6.45) is 14.6. The van der Waals surface area contributed by atoms with Crippen LogP contribution >= 0.6 is 11.8 Å². The molecule has 0 amide bonds. The number of hydrogen-bond acceptors (Lipinski definition) is 4. The minimum Gasteiger partial charge on any atom is -0.478 e. The highest BCUT2D eigenvalue weighted by atomic mass is 32.2. The topological polar surface area (TPSA) is 52.6 Å². The number of fused-ring (bicyclic) bond motifs is 7. The van der Waals surface area contributed by atoms with E-state index in [2.05, 4.69) is 88.3 Å². The van der Waals surface area contributed by atoms with Crippen molar-refractivity contribution in [2.24, 2.45) is 56.7 Å². The van der Waals surface area contributed by atoms with Crippen LogP contribution in [0.5, 0.6) is 0 Å². The van der Waals surface area contributed by atoms with Crippen molar-refractivity contribution in [2.45, 2.75) is 99.3 Å². The monoisotopic (exact) mass is 672 g/mol. The molecule has 5 aliphatic carbocycles. The number of aromatic carboxylic acids is 1. The summed E-state index contributed by atoms with van der Waals surface area (Å²) in [5.41, 5.74) is 5.91. The van der Waals surface area contributed by atoms with Gasteiger partial charge >= 0.3 is 5.97 Å². The van der Waals surface area contributed by atoms with Crippen molar-refractivity contribution in [2.75, 3.05) is 44.2 Å². The maximum absolute atomic E-state index is 11.6. The fourth-order valence-corrected chi connectivity index (χ4v) is 14.9. The smallest absolute Gasteiger partial charge is 0.335 e. The zero-order chi connectivity index (χ0) is 34.1. The molecule has 0 radical (unpaired) electrons. The van der Waals surface area contributed by atoms with Crippen LogP contribution in [-0.2, 0) is 0 Å². The molecule has 9 atom stereocenters. The van der Waals surface area contributed by atoms with Gasteiger partial charge in [0.2, 0.25) is 0 Å². The molecule has 0 spiro atoms. The average molecular weight is 673 g/mol. The lowest BCUT2D eigenvalue weighted by Gasteiger charge is -2.72. The minimum absolute atomic E-state index is 0.0494. The summed E-state index contributed by atoms with van der Waals surface area (Å²) in [5.74, 6) is 5.32. The molecule has 1 aromatic carbocycles. The van der Waals surface area contributed by atoms with Crippen LogP contribution in [-0.4, -0.2) is 60.2 Å². The first-order valence-corrected chi connectivity index (χ1v) is 20.6. The molecule has 9 unspecified atom stereocenters. The van der Waals surface area contributed by atoms with Crippen molar-refractivity contribution in [3.63, 3.8) is 0 Å². The highest BCUT2D eigenvalue weighted by Gasteiger charge is 2.70. The lowest BCUT2D eigenvalue weighted by molar-refractivity contribution is -0.225. The van der Waals surface area contributed by atoms with Gasteiger partial charge in [-0.25, -0.2) is 4.79 Å². The molecule has 2 N–H and O–H groups in total. The van der Waals surface area contributed by atoms with Crippen LogP contribution in [0.15, 0.2) is 42.5 Å². The van der Waals surface area contributed by atoms with Crippen molar-refractivity contribution >= 4 is 23.3 Å². The fourth-order valence-electron chi connectivity index (χ4n) is 13.9. The van der Waals surface area contributed by atoms with E-state index in [1.807, 2.05) is 0 Å². The second-order valence-corrected chi connectivity index (χ2v) is 19.8. The van der Waals surface area contributed by atoms with Gasteiger partial charge in [-0.15, -0.1) is 0 Å². The van der Waals surface area contributed by atoms with E-state index in [0.717, 1.165) is 30.7 Å². The number of thioether (sulfide) groups is 1. The highest BCUT2D eigenvalue weighted by molar-refractivity contribution is 7.99. The summed E-state index contributed by atoms with van der Waals surface area (Å²) in [6, 6.07) is 7.68. The van der Waals surface area contributed by atoms with Crippen LogP contribution < -0.4 is 5.32 Å². The van der Waals surface area contributed by atoms with Crippen LogP contribution in [0.1, 0.15) is 115 Å². The van der Waals surface area contributed by atoms with E-state index in [-0.39, 0.29) is 10.8 Å². The Morgan fingerprint density at radius 3 is 2.35 bits per heavy atom. The lowest BCUT2D eigenvalue weighted by Crippen LogP contribution is -2.65. The van der Waals surface area contributed by atoms with Gasteiger partial charge < -0.3 is 15.3 Å². The summed E-state index contributed by atoms with van der Waals surface area (Å²) < 4.78 is 0. The zero-order valence-corrected chi connectivity index (χ0v) is 31.8. The third-order valence-corrected chi connectivity index (χ3v) is 17.4. The van der Waals surface area contributed by atoms with Crippen LogP contribution in [0.3, 0.4) is 0 Å². The second kappa shape index (κ2) is 12.6. The summed E-state index contributed by atoms with van der Waals surface area (Å²) in [5, 5.41) is 13.6. The number of benzene rings is 1. The Kier molecular flexibility index (Phi) is 9.14. The molecule has 5 fully saturated rings. The second-order valence-electron chi connectivity index (χ2n) is 18.6. The predicted molar refractivity (Wildman–Crippen MR) is 202 cm³/mol. The van der Waals surface area contributed by atoms with E-state index in [1.54, 1.807) is 12.1 Å². The molecule has 5 heteroatoms. The molecule has 264 valence electrons. The molecule has 0 aromatic heterocycles. The molecule has 0 bridgehead atoms. The number of rotatable bonds is 8. The Balaban J connectivity index is 1.14. The average Bonchev–Trinajstić information content (AvgIpc) is 3.44. The molecule has 4 nitrogen and oxygen atoms in total. The van der Waals surface area contributed by atoms with Crippen LogP contribution in [0.2, 0.25) is 0 Å². The van der Waals surface area contributed by atoms with Crippen molar-refractivity contribution in [3.05, 3.63) is 53.6 Å². The Morgan fingerprint density at radius 2 is 1.67 bits per heavy atom. The van der Waals surface area contributed by atoms with Gasteiger partial charge in [-0.3, -0.25) is 0 Å². The third-order valence-electron chi connectivity index (χ3n) is 16.4. The van der Waals surface area contributed by atoms with E-state index in [4.69, 9.17) is 0 Å². The first kappa shape index (κ1) is 34.9. The van der Waals surface area contributed by atoms with Crippen LogP contribution in [0.25, 0.3) is 5.57 Å². The van der Waals surface area contributed by atoms with Gasteiger partial charge in [0.25, 0.3) is 0 Å². The third kappa shape index (κ3) is 5.33. The Labute approximate surface area is 296 Å². The number of nitrogens with zero attached hydrogens (tertiary/aromatic N) is 1. The number of nitrogens with one attached hydrogen (secondary N) is 1. The molecule has 4 saturated carbocycles. The summed E-state index contributed by atoms with van der Waals surface area (Å²) in [4.78, 5) is 14.2. The number of carboxylic acids is 1. The van der Waals surface area contributed by atoms with Crippen molar-refractivity contribution in [1.29, 1.82) is 0 Å². The van der Waals surface area contributed by atoms with Gasteiger partial charge in [0.1, 0.15) is 0 Å². The van der Waals surface area contributed by atoms with E-state index < -0.39 is 5.97 Å². The summed E-state index contributed by atoms with van der Waals surface area (Å²) in [6.45, 7) is 26.2. The SMILES string of the molecule is C=C(C)C1CCC2(CNCCN3CCSCC3)CCC3(C)C(CCC4C5(C)CC=C(c6ccc(C(=O)O)cc6)C(C)(C)C5CCC43C)C12. The molecular weight excluding hydrogens is 609 g/mol. The first-order chi connectivity index (χ1) is 22.8. The Morgan fingerprint density at radius 1 is 0.938 bits per heavy atom. The van der Waals surface area contributed by atoms with E-state index >= 15 is 0 Å². The maximum atomic E-state index is 11.6. The van der Waals surface area contributed by atoms with E-state index in [0.29, 0.717) is 33.6 Å². The lowest BCUT2D eigenvalue weighted by atomic mass is 9.32. The largest absolute Gasteiger partial charge is 0.478 e. The molecule has 1 saturated heterocycles.